The summed E-state index contributed by atoms with van der Waals surface area (Å²) < 4.78 is 12.8. The van der Waals surface area contributed by atoms with Gasteiger partial charge < -0.3 is 14.0 Å². The zero-order valence-corrected chi connectivity index (χ0v) is 17.3. The molecule has 1 aliphatic rings. The molecule has 6 nitrogen and oxygen atoms in total. The van der Waals surface area contributed by atoms with Gasteiger partial charge in [-0.05, 0) is 49.6 Å². The van der Waals surface area contributed by atoms with Crippen LogP contribution in [0.25, 0.3) is 16.5 Å². The zero-order chi connectivity index (χ0) is 21.4. The quantitative estimate of drug-likeness (QED) is 0.390. The Balaban J connectivity index is 1.39. The molecule has 0 radical (unpaired) electrons. The van der Waals surface area contributed by atoms with Gasteiger partial charge in [0, 0.05) is 27.9 Å². The van der Waals surface area contributed by atoms with Crippen molar-refractivity contribution in [1.29, 1.82) is 0 Å². The minimum Gasteiger partial charge on any atom is -0.454 e. The third-order valence-electron chi connectivity index (χ3n) is 5.48. The summed E-state index contributed by atoms with van der Waals surface area (Å²) in [6, 6.07) is 21.7. The number of carbonyl (C=O) groups is 1. The highest BCUT2D eigenvalue weighted by molar-refractivity contribution is 5.96. The van der Waals surface area contributed by atoms with Crippen LogP contribution in [0, 0.1) is 13.8 Å². The number of hydrogen-bond donors (Lipinski definition) is 1. The molecule has 1 N–H and O–H groups in total. The summed E-state index contributed by atoms with van der Waals surface area (Å²) in [7, 11) is 0. The van der Waals surface area contributed by atoms with Crippen molar-refractivity contribution < 1.29 is 14.3 Å². The molecule has 0 fully saturated rings. The van der Waals surface area contributed by atoms with E-state index in [1.807, 2.05) is 12.1 Å². The Morgan fingerprint density at radius 2 is 1.81 bits per heavy atom. The maximum absolute atomic E-state index is 12.4. The van der Waals surface area contributed by atoms with Crippen molar-refractivity contribution in [2.24, 2.45) is 5.10 Å². The van der Waals surface area contributed by atoms with Gasteiger partial charge in [0.15, 0.2) is 11.5 Å². The van der Waals surface area contributed by atoms with Gasteiger partial charge in [0.05, 0.1) is 11.9 Å². The lowest BCUT2D eigenvalue weighted by atomic mass is 10.1. The highest BCUT2D eigenvalue weighted by atomic mass is 16.7. The predicted octanol–water partition coefficient (Wildman–Crippen LogP) is 4.74. The van der Waals surface area contributed by atoms with Crippen molar-refractivity contribution in [2.45, 2.75) is 13.8 Å². The summed E-state index contributed by atoms with van der Waals surface area (Å²) in [6.07, 6.45) is 1.68. The van der Waals surface area contributed by atoms with Gasteiger partial charge in [-0.15, -0.1) is 0 Å². The van der Waals surface area contributed by atoms with E-state index >= 15 is 0 Å². The van der Waals surface area contributed by atoms with Crippen LogP contribution in [0.15, 0.2) is 71.8 Å². The van der Waals surface area contributed by atoms with E-state index in [-0.39, 0.29) is 12.7 Å². The van der Waals surface area contributed by atoms with Crippen molar-refractivity contribution in [2.75, 3.05) is 6.79 Å². The molecule has 0 atom stereocenters. The molecule has 0 bridgehead atoms. The minimum atomic E-state index is -0.308. The van der Waals surface area contributed by atoms with Gasteiger partial charge >= 0.3 is 0 Å². The number of hydrogen-bond acceptors (Lipinski definition) is 4. The molecule has 1 amide bonds. The molecule has 4 aromatic rings. The zero-order valence-electron chi connectivity index (χ0n) is 17.3. The van der Waals surface area contributed by atoms with Gasteiger partial charge in [-0.25, -0.2) is 5.43 Å². The number of benzene rings is 3. The normalized spacial score (nSPS) is 12.6. The molecule has 6 heteroatoms. The van der Waals surface area contributed by atoms with Crippen LogP contribution in [0.3, 0.4) is 0 Å². The van der Waals surface area contributed by atoms with Crippen LogP contribution in [0.1, 0.15) is 27.3 Å². The minimum absolute atomic E-state index is 0.172. The first-order valence-electron chi connectivity index (χ1n) is 10.0. The number of amides is 1. The van der Waals surface area contributed by atoms with E-state index in [9.17, 15) is 4.79 Å². The second kappa shape index (κ2) is 7.65. The molecule has 0 spiro atoms. The summed E-state index contributed by atoms with van der Waals surface area (Å²) in [5.74, 6) is 0.897. The average molecular weight is 411 g/mol. The van der Waals surface area contributed by atoms with E-state index < -0.39 is 0 Å². The highest BCUT2D eigenvalue weighted by Gasteiger charge is 2.16. The average Bonchev–Trinajstić information content (AvgIpc) is 3.36. The Bertz CT molecular complexity index is 1330. The topological polar surface area (TPSA) is 64.8 Å². The maximum atomic E-state index is 12.4. The van der Waals surface area contributed by atoms with Crippen LogP contribution < -0.4 is 14.9 Å². The summed E-state index contributed by atoms with van der Waals surface area (Å²) >= 11 is 0. The summed E-state index contributed by atoms with van der Waals surface area (Å²) in [4.78, 5) is 12.4. The van der Waals surface area contributed by atoms with E-state index in [0.717, 1.165) is 22.6 Å². The fraction of sp³-hybridized carbons (Fsp3) is 0.120. The molecule has 31 heavy (non-hydrogen) atoms. The Hall–Kier alpha value is -4.06. The Kier molecular flexibility index (Phi) is 4.67. The number of nitrogens with zero attached hydrogens (tertiary/aromatic N) is 2. The van der Waals surface area contributed by atoms with Crippen LogP contribution in [-0.4, -0.2) is 23.5 Å². The van der Waals surface area contributed by atoms with Gasteiger partial charge in [-0.1, -0.05) is 36.4 Å². The molecular formula is C25H21N3O3. The molecule has 5 rings (SSSR count). The first-order valence-corrected chi connectivity index (χ1v) is 10.0. The van der Waals surface area contributed by atoms with Crippen LogP contribution in [0.2, 0.25) is 0 Å². The first-order chi connectivity index (χ1) is 15.1. The summed E-state index contributed by atoms with van der Waals surface area (Å²) in [6.45, 7) is 4.29. The standard InChI is InChI=1S/C25H21N3O3/c1-16-12-20(14-26-27-25(29)19-10-11-23-24(13-19)31-15-30-23)17(2)28(16)22-9-5-7-18-6-3-4-8-21(18)22/h3-14H,15H2,1-2H3,(H,27,29)/b26-14-. The Labute approximate surface area is 179 Å². The highest BCUT2D eigenvalue weighted by Crippen LogP contribution is 2.32. The summed E-state index contributed by atoms with van der Waals surface area (Å²) in [5.41, 5.74) is 7.26. The van der Waals surface area contributed by atoms with Crippen molar-refractivity contribution in [3.8, 4) is 17.2 Å². The molecule has 0 saturated heterocycles. The third-order valence-corrected chi connectivity index (χ3v) is 5.48. The fourth-order valence-corrected chi connectivity index (χ4v) is 3.96. The molecule has 3 aromatic carbocycles. The van der Waals surface area contributed by atoms with Crippen LogP contribution in [-0.2, 0) is 0 Å². The molecular weight excluding hydrogens is 390 g/mol. The third kappa shape index (κ3) is 3.42. The van der Waals surface area contributed by atoms with Gasteiger partial charge in [-0.3, -0.25) is 4.79 Å². The lowest BCUT2D eigenvalue weighted by Crippen LogP contribution is -2.17. The van der Waals surface area contributed by atoms with E-state index in [0.29, 0.717) is 17.1 Å². The molecule has 1 aromatic heterocycles. The van der Waals surface area contributed by atoms with Gasteiger partial charge in [0.25, 0.3) is 5.91 Å². The Morgan fingerprint density at radius 3 is 2.71 bits per heavy atom. The monoisotopic (exact) mass is 411 g/mol. The smallest absolute Gasteiger partial charge is 0.271 e. The van der Waals surface area contributed by atoms with E-state index in [1.165, 1.54) is 10.8 Å². The first kappa shape index (κ1) is 18.9. The van der Waals surface area contributed by atoms with Gasteiger partial charge in [0.1, 0.15) is 0 Å². The van der Waals surface area contributed by atoms with E-state index in [4.69, 9.17) is 9.47 Å². The Morgan fingerprint density at radius 1 is 1.00 bits per heavy atom. The van der Waals surface area contributed by atoms with Crippen LogP contribution >= 0.6 is 0 Å². The van der Waals surface area contributed by atoms with Gasteiger partial charge in [-0.2, -0.15) is 5.10 Å². The molecule has 154 valence electrons. The van der Waals surface area contributed by atoms with Crippen molar-refractivity contribution in [3.05, 3.63) is 89.2 Å². The number of aryl methyl sites for hydroxylation is 1. The molecule has 0 unspecified atom stereocenters. The van der Waals surface area contributed by atoms with Crippen LogP contribution in [0.4, 0.5) is 0 Å². The SMILES string of the molecule is Cc1cc(/C=N\NC(=O)c2ccc3c(c2)OCO3)c(C)n1-c1cccc2ccccc12. The lowest BCUT2D eigenvalue weighted by molar-refractivity contribution is 0.0954. The second-order valence-corrected chi connectivity index (χ2v) is 7.43. The summed E-state index contributed by atoms with van der Waals surface area (Å²) in [5, 5.41) is 6.55. The fourth-order valence-electron chi connectivity index (χ4n) is 3.96. The lowest BCUT2D eigenvalue weighted by Gasteiger charge is -2.12. The number of aromatic nitrogens is 1. The van der Waals surface area contributed by atoms with Crippen molar-refractivity contribution in [3.63, 3.8) is 0 Å². The molecule has 2 heterocycles. The van der Waals surface area contributed by atoms with Crippen molar-refractivity contribution in [1.82, 2.24) is 9.99 Å². The largest absolute Gasteiger partial charge is 0.454 e. The number of nitrogens with one attached hydrogen (secondary N) is 1. The molecule has 1 aliphatic heterocycles. The predicted molar refractivity (Wildman–Crippen MR) is 120 cm³/mol. The second-order valence-electron chi connectivity index (χ2n) is 7.43. The van der Waals surface area contributed by atoms with Gasteiger partial charge in [0.2, 0.25) is 6.79 Å². The number of carbonyl (C=O) groups excluding carboxylic acids is 1. The molecule has 0 saturated carbocycles. The van der Waals surface area contributed by atoms with E-state index in [2.05, 4.69) is 65.3 Å². The number of ether oxygens (including phenoxy) is 2. The van der Waals surface area contributed by atoms with E-state index in [1.54, 1.807) is 24.4 Å². The van der Waals surface area contributed by atoms with Crippen LogP contribution in [0.5, 0.6) is 11.5 Å². The number of rotatable bonds is 4. The maximum Gasteiger partial charge on any atom is 0.271 e. The number of hydrazone groups is 1. The number of fused-ring (bicyclic) bond motifs is 2. The molecule has 0 aliphatic carbocycles. The van der Waals surface area contributed by atoms with Crippen molar-refractivity contribution >= 4 is 22.9 Å².